The molecule has 2 rings (SSSR count). The predicted octanol–water partition coefficient (Wildman–Crippen LogP) is 4.59. The second-order valence-electron chi connectivity index (χ2n) is 3.44. The van der Waals surface area contributed by atoms with Crippen molar-refractivity contribution in [1.82, 2.24) is 5.43 Å². The van der Waals surface area contributed by atoms with E-state index in [0.717, 1.165) is 24.5 Å². The van der Waals surface area contributed by atoms with Crippen molar-refractivity contribution in [3.8, 4) is 0 Å². The van der Waals surface area contributed by atoms with E-state index < -0.39 is 0 Å². The number of thiophene rings is 1. The maximum absolute atomic E-state index is 5.68. The maximum atomic E-state index is 5.68. The minimum atomic E-state index is -0.0394. The number of hydrogen-bond acceptors (Lipinski definition) is 3. The van der Waals surface area contributed by atoms with Crippen LogP contribution in [0.2, 0.25) is 0 Å². The van der Waals surface area contributed by atoms with Crippen LogP contribution in [0.25, 0.3) is 0 Å². The molecule has 1 aromatic heterocycles. The van der Waals surface area contributed by atoms with Gasteiger partial charge in [-0.1, -0.05) is 31.9 Å². The van der Waals surface area contributed by atoms with Gasteiger partial charge in [-0.3, -0.25) is 5.84 Å². The molecule has 0 aliphatic heterocycles. The van der Waals surface area contributed by atoms with Crippen molar-refractivity contribution < 1.29 is 0 Å². The van der Waals surface area contributed by atoms with Gasteiger partial charge in [-0.25, -0.2) is 5.43 Å². The van der Waals surface area contributed by atoms with Gasteiger partial charge in [0.05, 0.1) is 6.04 Å². The van der Waals surface area contributed by atoms with E-state index in [2.05, 4.69) is 64.7 Å². The Bertz CT molecular complexity index is 527. The summed E-state index contributed by atoms with van der Waals surface area (Å²) in [4.78, 5) is 0. The molecule has 0 spiro atoms. The molecule has 1 aromatic carbocycles. The van der Waals surface area contributed by atoms with Crippen molar-refractivity contribution in [1.29, 1.82) is 0 Å². The van der Waals surface area contributed by atoms with Crippen LogP contribution >= 0.6 is 59.1 Å². The summed E-state index contributed by atoms with van der Waals surface area (Å²) in [5, 5.41) is 4.13. The summed E-state index contributed by atoms with van der Waals surface area (Å²) in [5.41, 5.74) is 5.09. The number of nitrogens with two attached hydrogens (primary N) is 1. The molecule has 2 nitrogen and oxygen atoms in total. The van der Waals surface area contributed by atoms with Crippen molar-refractivity contribution in [2.45, 2.75) is 6.04 Å². The molecule has 0 saturated heterocycles. The first-order valence-electron chi connectivity index (χ1n) is 4.76. The Hall–Kier alpha value is 0.280. The van der Waals surface area contributed by atoms with Crippen molar-refractivity contribution in [2.24, 2.45) is 5.84 Å². The van der Waals surface area contributed by atoms with Gasteiger partial charge in [0.25, 0.3) is 0 Å². The van der Waals surface area contributed by atoms with Crippen molar-refractivity contribution in [2.75, 3.05) is 0 Å². The maximum Gasteiger partial charge on any atom is 0.0740 e. The molecule has 1 atom stereocenters. The molecule has 0 saturated carbocycles. The second kappa shape index (κ2) is 5.95. The molecule has 0 aliphatic carbocycles. The number of nitrogens with one attached hydrogen (secondary N) is 1. The molecule has 0 radical (unpaired) electrons. The van der Waals surface area contributed by atoms with Gasteiger partial charge in [0.15, 0.2) is 0 Å². The highest BCUT2D eigenvalue weighted by atomic mass is 79.9. The Balaban J connectivity index is 2.49. The lowest BCUT2D eigenvalue weighted by molar-refractivity contribution is 0.634. The predicted molar refractivity (Wildman–Crippen MR) is 83.0 cm³/mol. The van der Waals surface area contributed by atoms with Crippen molar-refractivity contribution in [3.63, 3.8) is 0 Å². The average Bonchev–Trinajstić information content (AvgIpc) is 2.71. The quantitative estimate of drug-likeness (QED) is 0.541. The number of benzene rings is 1. The van der Waals surface area contributed by atoms with Crippen molar-refractivity contribution >= 4 is 59.1 Å². The zero-order valence-corrected chi connectivity index (χ0v) is 14.2. The van der Waals surface area contributed by atoms with Gasteiger partial charge in [-0.2, -0.15) is 11.3 Å². The van der Waals surface area contributed by atoms with Crippen molar-refractivity contribution in [3.05, 3.63) is 53.5 Å². The summed E-state index contributed by atoms with van der Waals surface area (Å²) in [6.07, 6.45) is 0. The normalized spacial score (nSPS) is 12.7. The van der Waals surface area contributed by atoms with E-state index >= 15 is 0 Å². The summed E-state index contributed by atoms with van der Waals surface area (Å²) < 4.78 is 3.13. The van der Waals surface area contributed by atoms with Crippen LogP contribution in [0.4, 0.5) is 0 Å². The summed E-state index contributed by atoms with van der Waals surface area (Å²) in [6.45, 7) is 0. The molecular formula is C11H9Br3N2S. The molecule has 2 aromatic rings. The van der Waals surface area contributed by atoms with Gasteiger partial charge in [0.1, 0.15) is 0 Å². The highest BCUT2D eigenvalue weighted by Crippen LogP contribution is 2.35. The third-order valence-electron chi connectivity index (χ3n) is 2.39. The van der Waals surface area contributed by atoms with Crippen LogP contribution in [0, 0.1) is 0 Å². The van der Waals surface area contributed by atoms with Gasteiger partial charge in [-0.05, 0) is 50.6 Å². The summed E-state index contributed by atoms with van der Waals surface area (Å²) in [5.74, 6) is 5.68. The molecule has 0 bridgehead atoms. The monoisotopic (exact) mass is 438 g/mol. The molecule has 90 valence electrons. The van der Waals surface area contributed by atoms with Crippen LogP contribution in [0.5, 0.6) is 0 Å². The second-order valence-corrected chi connectivity index (χ2v) is 6.81. The van der Waals surface area contributed by atoms with Gasteiger partial charge in [-0.15, -0.1) is 0 Å². The Morgan fingerprint density at radius 2 is 1.82 bits per heavy atom. The van der Waals surface area contributed by atoms with Gasteiger partial charge in [0.2, 0.25) is 0 Å². The topological polar surface area (TPSA) is 38.0 Å². The first-order valence-corrected chi connectivity index (χ1v) is 8.08. The average molecular weight is 441 g/mol. The van der Waals surface area contributed by atoms with Gasteiger partial charge >= 0.3 is 0 Å². The zero-order chi connectivity index (χ0) is 12.4. The molecule has 0 amide bonds. The molecule has 17 heavy (non-hydrogen) atoms. The smallest absolute Gasteiger partial charge is 0.0740 e. The number of rotatable bonds is 3. The van der Waals surface area contributed by atoms with E-state index in [0.29, 0.717) is 0 Å². The molecule has 1 heterocycles. The van der Waals surface area contributed by atoms with E-state index in [9.17, 15) is 0 Å². The lowest BCUT2D eigenvalue weighted by atomic mass is 10.0. The lowest BCUT2D eigenvalue weighted by Gasteiger charge is -2.18. The van der Waals surface area contributed by atoms with Crippen LogP contribution in [0.3, 0.4) is 0 Å². The van der Waals surface area contributed by atoms with Gasteiger partial charge < -0.3 is 0 Å². The molecule has 0 fully saturated rings. The Morgan fingerprint density at radius 3 is 2.41 bits per heavy atom. The van der Waals surface area contributed by atoms with Crippen LogP contribution in [-0.4, -0.2) is 0 Å². The minimum absolute atomic E-state index is 0.0394. The highest BCUT2D eigenvalue weighted by Gasteiger charge is 2.18. The number of hydrogen-bond donors (Lipinski definition) is 2. The number of halogens is 3. The molecule has 0 aliphatic rings. The molecule has 1 unspecified atom stereocenters. The fourth-order valence-corrected chi connectivity index (χ4v) is 3.99. The number of hydrazine groups is 1. The minimum Gasteiger partial charge on any atom is -0.271 e. The summed E-state index contributed by atoms with van der Waals surface area (Å²) >= 11 is 12.2. The largest absolute Gasteiger partial charge is 0.271 e. The van der Waals surface area contributed by atoms with Crippen LogP contribution in [0.1, 0.15) is 17.2 Å². The third-order valence-corrected chi connectivity index (χ3v) is 5.36. The fourth-order valence-electron chi connectivity index (χ4n) is 1.58. The van der Waals surface area contributed by atoms with Crippen LogP contribution in [0.15, 0.2) is 42.4 Å². The summed E-state index contributed by atoms with van der Waals surface area (Å²) in [7, 11) is 0. The first-order chi connectivity index (χ1) is 8.13. The zero-order valence-electron chi connectivity index (χ0n) is 8.58. The van der Waals surface area contributed by atoms with Gasteiger partial charge in [0, 0.05) is 18.8 Å². The van der Waals surface area contributed by atoms with E-state index in [1.54, 1.807) is 11.3 Å². The Kier molecular flexibility index (Phi) is 4.80. The lowest BCUT2D eigenvalue weighted by Crippen LogP contribution is -2.29. The van der Waals surface area contributed by atoms with Crippen LogP contribution in [-0.2, 0) is 0 Å². The summed E-state index contributed by atoms with van der Waals surface area (Å²) in [6, 6.07) is 6.01. The van der Waals surface area contributed by atoms with E-state index in [1.165, 1.54) is 0 Å². The molecule has 3 N–H and O–H groups in total. The van der Waals surface area contributed by atoms with E-state index in [-0.39, 0.29) is 6.04 Å². The van der Waals surface area contributed by atoms with E-state index in [1.807, 2.05) is 17.5 Å². The Labute approximate surface area is 129 Å². The first kappa shape index (κ1) is 13.7. The highest BCUT2D eigenvalue weighted by molar-refractivity contribution is 9.11. The SMILES string of the molecule is NNC(c1cscc1Br)c1cc(Br)ccc1Br. The molecular weight excluding hydrogens is 432 g/mol. The van der Waals surface area contributed by atoms with E-state index in [4.69, 9.17) is 5.84 Å². The fraction of sp³-hybridized carbons (Fsp3) is 0.0909. The Morgan fingerprint density at radius 1 is 1.06 bits per heavy atom. The standard InChI is InChI=1S/C11H9Br3N2S/c12-6-1-2-9(13)7(3-6)11(16-15)8-4-17-5-10(8)14/h1-5,11,16H,15H2. The molecule has 6 heteroatoms. The third kappa shape index (κ3) is 3.00. The van der Waals surface area contributed by atoms with Crippen LogP contribution < -0.4 is 11.3 Å².